The number of benzene rings is 1. The molecule has 9 heteroatoms. The fourth-order valence-electron chi connectivity index (χ4n) is 4.29. The van der Waals surface area contributed by atoms with Gasteiger partial charge in [0.15, 0.2) is 0 Å². The van der Waals surface area contributed by atoms with Crippen molar-refractivity contribution in [3.63, 3.8) is 0 Å². The second-order valence-electron chi connectivity index (χ2n) is 9.41. The third-order valence-corrected chi connectivity index (χ3v) is 6.19. The minimum atomic E-state index is -1.13. The molecule has 0 aliphatic carbocycles. The van der Waals surface area contributed by atoms with E-state index in [0.29, 0.717) is 47.5 Å². The molecule has 1 amide bonds. The van der Waals surface area contributed by atoms with Crippen LogP contribution in [-0.2, 0) is 9.53 Å². The van der Waals surface area contributed by atoms with Gasteiger partial charge in [-0.2, -0.15) is 0 Å². The van der Waals surface area contributed by atoms with Gasteiger partial charge in [-0.25, -0.2) is 9.59 Å². The summed E-state index contributed by atoms with van der Waals surface area (Å²) >= 11 is 6.40. The maximum atomic E-state index is 12.7. The summed E-state index contributed by atoms with van der Waals surface area (Å²) in [5, 5.41) is 21.6. The molecule has 2 aromatic rings. The van der Waals surface area contributed by atoms with Gasteiger partial charge in [0.1, 0.15) is 17.4 Å². The van der Waals surface area contributed by atoms with E-state index < -0.39 is 29.8 Å². The fraction of sp³-hybridized carbons (Fsp3) is 0.542. The fourth-order valence-corrected chi connectivity index (χ4v) is 4.57. The number of carbonyl (C=O) groups excluding carboxylic acids is 1. The Balaban J connectivity index is 1.74. The second-order valence-corrected chi connectivity index (χ2v) is 9.82. The molecule has 1 aliphatic heterocycles. The topological polar surface area (TPSA) is 109 Å². The second kappa shape index (κ2) is 10.1. The van der Waals surface area contributed by atoms with E-state index in [2.05, 4.69) is 4.98 Å². The Morgan fingerprint density at radius 1 is 1.33 bits per heavy atom. The minimum absolute atomic E-state index is 0.0641. The number of rotatable bonds is 6. The number of aromatic nitrogens is 1. The van der Waals surface area contributed by atoms with Crippen LogP contribution in [0.4, 0.5) is 4.79 Å². The first-order valence-electron chi connectivity index (χ1n) is 11.0. The standard InChI is InChI=1S/C24H31ClN2O6/c1-24(2,3)33-22(29)19-11-14(9-10-27(19)23(30)31)5-8-20(28)21-16-12-15(32-4)6-7-18(16)26-13-17(21)25/h6-7,12-14,19-20,28H,5,8-11H2,1-4H3,(H,30,31). The maximum Gasteiger partial charge on any atom is 0.408 e. The monoisotopic (exact) mass is 478 g/mol. The Morgan fingerprint density at radius 2 is 2.06 bits per heavy atom. The Morgan fingerprint density at radius 3 is 2.70 bits per heavy atom. The van der Waals surface area contributed by atoms with E-state index in [-0.39, 0.29) is 12.5 Å². The predicted molar refractivity (Wildman–Crippen MR) is 125 cm³/mol. The van der Waals surface area contributed by atoms with E-state index in [9.17, 15) is 19.8 Å². The number of aliphatic hydroxyl groups excluding tert-OH is 1. The molecule has 0 saturated carbocycles. The van der Waals surface area contributed by atoms with Crippen LogP contribution in [0.15, 0.2) is 24.4 Å². The van der Waals surface area contributed by atoms with E-state index in [0.717, 1.165) is 10.3 Å². The highest BCUT2D eigenvalue weighted by Gasteiger charge is 2.38. The number of esters is 1. The molecule has 8 nitrogen and oxygen atoms in total. The van der Waals surface area contributed by atoms with Crippen molar-refractivity contribution in [3.05, 3.63) is 35.0 Å². The summed E-state index contributed by atoms with van der Waals surface area (Å²) in [4.78, 5) is 29.8. The smallest absolute Gasteiger partial charge is 0.408 e. The molecule has 0 spiro atoms. The molecule has 1 fully saturated rings. The summed E-state index contributed by atoms with van der Waals surface area (Å²) in [7, 11) is 1.57. The molecule has 0 radical (unpaired) electrons. The average Bonchev–Trinajstić information content (AvgIpc) is 2.75. The first-order valence-corrected chi connectivity index (χ1v) is 11.4. The quantitative estimate of drug-likeness (QED) is 0.573. The summed E-state index contributed by atoms with van der Waals surface area (Å²) in [6, 6.07) is 4.56. The van der Waals surface area contributed by atoms with Crippen LogP contribution >= 0.6 is 11.6 Å². The van der Waals surface area contributed by atoms with Gasteiger partial charge < -0.3 is 19.7 Å². The number of ether oxygens (including phenoxy) is 2. The molecule has 1 aliphatic rings. The Hall–Kier alpha value is -2.58. The van der Waals surface area contributed by atoms with Crippen molar-refractivity contribution in [3.8, 4) is 5.75 Å². The van der Waals surface area contributed by atoms with Crippen LogP contribution in [0.25, 0.3) is 10.9 Å². The third-order valence-electron chi connectivity index (χ3n) is 5.89. The van der Waals surface area contributed by atoms with E-state index in [1.165, 1.54) is 6.20 Å². The number of carbonyl (C=O) groups is 2. The molecule has 3 rings (SSSR count). The van der Waals surface area contributed by atoms with E-state index >= 15 is 0 Å². The summed E-state index contributed by atoms with van der Waals surface area (Å²) < 4.78 is 10.8. The zero-order valence-electron chi connectivity index (χ0n) is 19.4. The molecule has 180 valence electrons. The number of piperidine rings is 1. The predicted octanol–water partition coefficient (Wildman–Crippen LogP) is 4.81. The van der Waals surface area contributed by atoms with Crippen LogP contribution < -0.4 is 4.74 Å². The number of carboxylic acid groups (broad SMARTS) is 1. The molecular weight excluding hydrogens is 448 g/mol. The number of hydrogen-bond acceptors (Lipinski definition) is 6. The van der Waals surface area contributed by atoms with Crippen molar-refractivity contribution in [2.24, 2.45) is 5.92 Å². The molecule has 1 aromatic heterocycles. The zero-order valence-corrected chi connectivity index (χ0v) is 20.1. The van der Waals surface area contributed by atoms with E-state index in [1.54, 1.807) is 40.0 Å². The Bertz CT molecular complexity index is 1020. The van der Waals surface area contributed by atoms with Gasteiger partial charge in [-0.05, 0) is 70.6 Å². The SMILES string of the molecule is COc1ccc2ncc(Cl)c(C(O)CCC3CCN(C(=O)O)C(C(=O)OC(C)(C)C)C3)c2c1. The van der Waals surface area contributed by atoms with E-state index in [4.69, 9.17) is 21.1 Å². The summed E-state index contributed by atoms with van der Waals surface area (Å²) in [6.45, 7) is 5.51. The lowest BCUT2D eigenvalue weighted by Crippen LogP contribution is -2.51. The van der Waals surface area contributed by atoms with Crippen molar-refractivity contribution >= 4 is 34.6 Å². The highest BCUT2D eigenvalue weighted by molar-refractivity contribution is 6.32. The number of likely N-dealkylation sites (tertiary alicyclic amines) is 1. The number of nitrogens with zero attached hydrogens (tertiary/aromatic N) is 2. The summed E-state index contributed by atoms with van der Waals surface area (Å²) in [5.74, 6) is 0.167. The number of methoxy groups -OCH3 is 1. The molecule has 0 bridgehead atoms. The summed E-state index contributed by atoms with van der Waals surface area (Å²) in [6.07, 6.45) is 1.54. The molecule has 2 heterocycles. The lowest BCUT2D eigenvalue weighted by atomic mass is 9.85. The summed E-state index contributed by atoms with van der Waals surface area (Å²) in [5.41, 5.74) is 0.589. The molecule has 2 N–H and O–H groups in total. The van der Waals surface area contributed by atoms with Crippen LogP contribution in [0.3, 0.4) is 0 Å². The zero-order chi connectivity index (χ0) is 24.3. The number of aliphatic hydroxyl groups is 1. The number of amides is 1. The van der Waals surface area contributed by atoms with Crippen LogP contribution in [0.5, 0.6) is 5.75 Å². The van der Waals surface area contributed by atoms with Gasteiger partial charge in [-0.15, -0.1) is 0 Å². The lowest BCUT2D eigenvalue weighted by Gasteiger charge is -2.37. The number of hydrogen-bond donors (Lipinski definition) is 2. The van der Waals surface area contributed by atoms with Gasteiger partial charge in [0.25, 0.3) is 0 Å². The van der Waals surface area contributed by atoms with Crippen molar-refractivity contribution in [1.29, 1.82) is 0 Å². The molecule has 1 saturated heterocycles. The maximum absolute atomic E-state index is 12.7. The largest absolute Gasteiger partial charge is 0.497 e. The molecule has 33 heavy (non-hydrogen) atoms. The molecule has 3 atom stereocenters. The average molecular weight is 479 g/mol. The van der Waals surface area contributed by atoms with Gasteiger partial charge in [0, 0.05) is 23.7 Å². The lowest BCUT2D eigenvalue weighted by molar-refractivity contribution is -0.162. The van der Waals surface area contributed by atoms with Crippen LogP contribution in [0, 0.1) is 5.92 Å². The number of pyridine rings is 1. The number of fused-ring (bicyclic) bond motifs is 1. The van der Waals surface area contributed by atoms with E-state index in [1.807, 2.05) is 6.07 Å². The van der Waals surface area contributed by atoms with Gasteiger partial charge in [-0.1, -0.05) is 11.6 Å². The van der Waals surface area contributed by atoms with Crippen LogP contribution in [-0.4, -0.2) is 57.5 Å². The first-order chi connectivity index (χ1) is 15.5. The van der Waals surface area contributed by atoms with Crippen molar-refractivity contribution in [1.82, 2.24) is 9.88 Å². The van der Waals surface area contributed by atoms with Crippen molar-refractivity contribution in [2.75, 3.05) is 13.7 Å². The van der Waals surface area contributed by atoms with Gasteiger partial charge in [0.05, 0.1) is 23.8 Å². The highest BCUT2D eigenvalue weighted by atomic mass is 35.5. The van der Waals surface area contributed by atoms with Gasteiger partial charge in [0.2, 0.25) is 0 Å². The third kappa shape index (κ3) is 6.06. The van der Waals surface area contributed by atoms with Crippen LogP contribution in [0.2, 0.25) is 5.02 Å². The normalized spacial score (nSPS) is 19.9. The first kappa shape index (κ1) is 25.1. The van der Waals surface area contributed by atoms with Crippen molar-refractivity contribution in [2.45, 2.75) is 64.2 Å². The Labute approximate surface area is 198 Å². The molecule has 1 aromatic carbocycles. The molecule has 3 unspecified atom stereocenters. The van der Waals surface area contributed by atoms with Gasteiger partial charge in [-0.3, -0.25) is 9.88 Å². The van der Waals surface area contributed by atoms with Crippen molar-refractivity contribution < 1.29 is 29.3 Å². The molecular formula is C24H31ClN2O6. The van der Waals surface area contributed by atoms with Crippen LogP contribution in [0.1, 0.15) is 58.1 Å². The number of halogens is 1. The Kier molecular flexibility index (Phi) is 7.69. The van der Waals surface area contributed by atoms with Gasteiger partial charge >= 0.3 is 12.1 Å². The minimum Gasteiger partial charge on any atom is -0.497 e. The highest BCUT2D eigenvalue weighted by Crippen LogP contribution is 2.36.